The first kappa shape index (κ1) is 31.9. The summed E-state index contributed by atoms with van der Waals surface area (Å²) in [4.78, 5) is 25.2. The molecule has 1 saturated heterocycles. The van der Waals surface area contributed by atoms with Crippen LogP contribution in [-0.4, -0.2) is 46.9 Å². The van der Waals surface area contributed by atoms with Crippen molar-refractivity contribution in [3.8, 4) is 0 Å². The molecule has 0 bridgehead atoms. The number of carbonyl (C=O) groups is 2. The van der Waals surface area contributed by atoms with Crippen molar-refractivity contribution in [2.45, 2.75) is 69.3 Å². The Bertz CT molecular complexity index is 1210. The number of allylic oxidation sites excluding steroid dienone is 1. The minimum absolute atomic E-state index is 0.00139. The summed E-state index contributed by atoms with van der Waals surface area (Å²) in [5.74, 6) is -2.24. The van der Waals surface area contributed by atoms with Gasteiger partial charge in [-0.1, -0.05) is 18.2 Å². The molecule has 1 amide bonds. The maximum Gasteiger partial charge on any atom is 0.416 e. The lowest BCUT2D eigenvalue weighted by Crippen LogP contribution is -2.46. The zero-order valence-electron chi connectivity index (χ0n) is 22.0. The summed E-state index contributed by atoms with van der Waals surface area (Å²) in [5.41, 5.74) is -3.11. The summed E-state index contributed by atoms with van der Waals surface area (Å²) < 4.78 is 106. The number of ether oxygens (including phenoxy) is 2. The SMILES string of the molecule is C=CCCC(OC(C)=O)[C@H]1[C@H](c2ccc(F)cc2)[C@@H](O[C@H](C)c2cc(C(F)(F)F)cc(C(F)(F)F)c2)CN1C(=O)O. The van der Waals surface area contributed by atoms with Crippen LogP contribution in [0.15, 0.2) is 55.1 Å². The highest BCUT2D eigenvalue weighted by molar-refractivity contribution is 5.68. The van der Waals surface area contributed by atoms with Crippen molar-refractivity contribution in [2.75, 3.05) is 6.54 Å². The molecular weight excluding hydrogens is 563 g/mol. The highest BCUT2D eigenvalue weighted by Gasteiger charge is 2.50. The highest BCUT2D eigenvalue weighted by Crippen LogP contribution is 2.43. The normalized spacial score (nSPS) is 20.9. The van der Waals surface area contributed by atoms with E-state index in [4.69, 9.17) is 9.47 Å². The Labute approximate surface area is 231 Å². The van der Waals surface area contributed by atoms with Gasteiger partial charge in [-0.05, 0) is 61.2 Å². The number of benzene rings is 2. The Morgan fingerprint density at radius 1 is 1.07 bits per heavy atom. The third kappa shape index (κ3) is 7.78. The van der Waals surface area contributed by atoms with Crippen LogP contribution in [-0.2, 0) is 26.6 Å². The molecule has 41 heavy (non-hydrogen) atoms. The summed E-state index contributed by atoms with van der Waals surface area (Å²) in [6.45, 7) is 5.64. The molecule has 1 heterocycles. The molecule has 1 fully saturated rings. The van der Waals surface area contributed by atoms with Gasteiger partial charge < -0.3 is 14.6 Å². The van der Waals surface area contributed by atoms with Crippen LogP contribution in [0.1, 0.15) is 61.0 Å². The highest BCUT2D eigenvalue weighted by atomic mass is 19.4. The summed E-state index contributed by atoms with van der Waals surface area (Å²) in [5, 5.41) is 10.0. The van der Waals surface area contributed by atoms with Crippen molar-refractivity contribution in [2.24, 2.45) is 0 Å². The van der Waals surface area contributed by atoms with Gasteiger partial charge in [0.25, 0.3) is 0 Å². The number of halogens is 7. The van der Waals surface area contributed by atoms with Gasteiger partial charge in [0.15, 0.2) is 0 Å². The van der Waals surface area contributed by atoms with E-state index in [2.05, 4.69) is 6.58 Å². The Hall–Kier alpha value is -3.61. The van der Waals surface area contributed by atoms with Crippen LogP contribution in [0.3, 0.4) is 0 Å². The molecule has 0 aliphatic carbocycles. The molecule has 3 rings (SSSR count). The van der Waals surface area contributed by atoms with Gasteiger partial charge in [0.2, 0.25) is 0 Å². The lowest BCUT2D eigenvalue weighted by molar-refractivity contribution is -0.150. The van der Waals surface area contributed by atoms with Gasteiger partial charge in [-0.25, -0.2) is 9.18 Å². The van der Waals surface area contributed by atoms with E-state index < -0.39 is 77.2 Å². The van der Waals surface area contributed by atoms with Crippen molar-refractivity contribution in [1.29, 1.82) is 0 Å². The first-order chi connectivity index (χ1) is 19.0. The second-order valence-electron chi connectivity index (χ2n) is 9.67. The van der Waals surface area contributed by atoms with Crippen molar-refractivity contribution >= 4 is 12.1 Å². The predicted molar refractivity (Wildman–Crippen MR) is 132 cm³/mol. The molecule has 6 nitrogen and oxygen atoms in total. The molecule has 0 saturated carbocycles. The molecular formula is C28H28F7NO5. The fourth-order valence-electron chi connectivity index (χ4n) is 5.05. The first-order valence-corrected chi connectivity index (χ1v) is 12.5. The lowest BCUT2D eigenvalue weighted by atomic mass is 9.85. The number of likely N-dealkylation sites (tertiary alicyclic amines) is 1. The number of amides is 1. The average Bonchev–Trinajstić information content (AvgIpc) is 3.24. The van der Waals surface area contributed by atoms with E-state index in [-0.39, 0.29) is 19.0 Å². The molecule has 2 aromatic carbocycles. The minimum atomic E-state index is -5.08. The van der Waals surface area contributed by atoms with E-state index in [1.54, 1.807) is 0 Å². The van der Waals surface area contributed by atoms with Crippen LogP contribution in [0, 0.1) is 5.82 Å². The quantitative estimate of drug-likeness (QED) is 0.188. The van der Waals surface area contributed by atoms with Gasteiger partial charge in [0, 0.05) is 12.8 Å². The molecule has 1 unspecified atom stereocenters. The zero-order valence-corrected chi connectivity index (χ0v) is 22.0. The number of nitrogens with zero attached hydrogens (tertiary/aromatic N) is 1. The van der Waals surface area contributed by atoms with Crippen LogP contribution >= 0.6 is 0 Å². The smallest absolute Gasteiger partial charge is 0.416 e. The molecule has 2 aromatic rings. The van der Waals surface area contributed by atoms with Crippen LogP contribution < -0.4 is 0 Å². The van der Waals surface area contributed by atoms with E-state index in [9.17, 15) is 45.4 Å². The van der Waals surface area contributed by atoms with E-state index >= 15 is 0 Å². The topological polar surface area (TPSA) is 76.1 Å². The molecule has 1 aliphatic rings. The third-order valence-corrected chi connectivity index (χ3v) is 6.82. The monoisotopic (exact) mass is 591 g/mol. The van der Waals surface area contributed by atoms with Gasteiger partial charge in [-0.2, -0.15) is 26.3 Å². The summed E-state index contributed by atoms with van der Waals surface area (Å²) in [7, 11) is 0. The van der Waals surface area contributed by atoms with Crippen LogP contribution in [0.4, 0.5) is 35.5 Å². The second-order valence-corrected chi connectivity index (χ2v) is 9.67. The zero-order chi connectivity index (χ0) is 30.7. The van der Waals surface area contributed by atoms with Gasteiger partial charge in [-0.3, -0.25) is 9.69 Å². The molecule has 0 spiro atoms. The average molecular weight is 592 g/mol. The van der Waals surface area contributed by atoms with Crippen molar-refractivity contribution in [3.63, 3.8) is 0 Å². The number of hydrogen-bond acceptors (Lipinski definition) is 4. The Kier molecular flexibility index (Phi) is 9.73. The van der Waals surface area contributed by atoms with E-state index in [0.717, 1.165) is 24.0 Å². The Balaban J connectivity index is 2.09. The third-order valence-electron chi connectivity index (χ3n) is 6.82. The number of esters is 1. The summed E-state index contributed by atoms with van der Waals surface area (Å²) >= 11 is 0. The summed E-state index contributed by atoms with van der Waals surface area (Å²) in [6, 6.07) is 4.96. The van der Waals surface area contributed by atoms with Crippen molar-refractivity contribution in [3.05, 3.63) is 83.2 Å². The largest absolute Gasteiger partial charge is 0.465 e. The lowest BCUT2D eigenvalue weighted by Gasteiger charge is -2.34. The van der Waals surface area contributed by atoms with Gasteiger partial charge in [-0.15, -0.1) is 6.58 Å². The molecule has 224 valence electrons. The number of rotatable bonds is 9. The fraction of sp³-hybridized carbons (Fsp3) is 0.429. The maximum absolute atomic E-state index is 13.8. The fourth-order valence-corrected chi connectivity index (χ4v) is 5.05. The standard InChI is InChI=1S/C28H28F7NO5/c1-4-5-6-22(41-16(3)37)25-24(17-7-9-21(29)10-8-17)23(14-36(25)26(38)39)40-15(2)18-11-19(27(30,31)32)13-20(12-18)28(33,34)35/h4,7-13,15,22-25H,1,5-6,14H2,2-3H3,(H,38,39)/t15-,22?,23+,24-,25+/m1/s1. The molecule has 0 aromatic heterocycles. The molecule has 13 heteroatoms. The van der Waals surface area contributed by atoms with Crippen LogP contribution in [0.2, 0.25) is 0 Å². The maximum atomic E-state index is 13.8. The Morgan fingerprint density at radius 3 is 2.10 bits per heavy atom. The number of alkyl halides is 6. The Morgan fingerprint density at radius 2 is 1.63 bits per heavy atom. The molecule has 1 aliphatic heterocycles. The van der Waals surface area contributed by atoms with Gasteiger partial charge in [0.05, 0.1) is 35.9 Å². The van der Waals surface area contributed by atoms with Crippen molar-refractivity contribution in [1.82, 2.24) is 4.90 Å². The molecule has 1 N–H and O–H groups in total. The predicted octanol–water partition coefficient (Wildman–Crippen LogP) is 7.35. The van der Waals surface area contributed by atoms with Crippen LogP contribution in [0.25, 0.3) is 0 Å². The number of hydrogen-bond donors (Lipinski definition) is 1. The van der Waals surface area contributed by atoms with Crippen LogP contribution in [0.5, 0.6) is 0 Å². The first-order valence-electron chi connectivity index (χ1n) is 12.5. The minimum Gasteiger partial charge on any atom is -0.465 e. The second kappa shape index (κ2) is 12.5. The van der Waals surface area contributed by atoms with E-state index in [0.29, 0.717) is 24.1 Å². The van der Waals surface area contributed by atoms with Crippen molar-refractivity contribution < 1.29 is 54.9 Å². The number of carboxylic acid groups (broad SMARTS) is 1. The van der Waals surface area contributed by atoms with E-state index in [1.807, 2.05) is 0 Å². The molecule has 5 atom stereocenters. The molecule has 0 radical (unpaired) electrons. The van der Waals surface area contributed by atoms with Gasteiger partial charge in [0.1, 0.15) is 11.9 Å². The summed E-state index contributed by atoms with van der Waals surface area (Å²) in [6.07, 6.45) is -13.1. The van der Waals surface area contributed by atoms with E-state index in [1.165, 1.54) is 25.1 Å². The van der Waals surface area contributed by atoms with Gasteiger partial charge >= 0.3 is 24.4 Å². The number of carbonyl (C=O) groups excluding carboxylic acids is 1.